The van der Waals surface area contributed by atoms with E-state index in [1.807, 2.05) is 5.43 Å². The fourth-order valence-electron chi connectivity index (χ4n) is 0.605. The first kappa shape index (κ1) is 12.9. The van der Waals surface area contributed by atoms with Crippen LogP contribution in [-0.2, 0) is 14.3 Å². The van der Waals surface area contributed by atoms with E-state index in [0.717, 1.165) is 7.11 Å². The van der Waals surface area contributed by atoms with Gasteiger partial charge in [-0.2, -0.15) is 10.4 Å². The molecule has 0 radical (unpaired) electrons. The van der Waals surface area contributed by atoms with Crippen LogP contribution in [0.15, 0.2) is 5.10 Å². The molecular weight excluding hydrogens is 202 g/mol. The van der Waals surface area contributed by atoms with Crippen molar-refractivity contribution in [2.24, 2.45) is 5.10 Å². The van der Waals surface area contributed by atoms with Crippen LogP contribution in [-0.4, -0.2) is 31.5 Å². The number of methoxy groups -OCH3 is 1. The van der Waals surface area contributed by atoms with Crippen molar-refractivity contribution in [3.05, 3.63) is 0 Å². The van der Waals surface area contributed by atoms with Gasteiger partial charge in [0.05, 0.1) is 26.2 Å². The van der Waals surface area contributed by atoms with Crippen LogP contribution in [0.1, 0.15) is 13.3 Å². The van der Waals surface area contributed by atoms with Crippen LogP contribution in [0.5, 0.6) is 0 Å². The number of carbonyl (C=O) groups excluding carboxylic acids is 2. The average Bonchev–Trinajstić information content (AvgIpc) is 2.23. The van der Waals surface area contributed by atoms with Gasteiger partial charge in [0.15, 0.2) is 5.71 Å². The Morgan fingerprint density at radius 2 is 2.20 bits per heavy atom. The van der Waals surface area contributed by atoms with Crippen molar-refractivity contribution in [3.63, 3.8) is 0 Å². The summed E-state index contributed by atoms with van der Waals surface area (Å²) >= 11 is 0. The number of nitrogens with zero attached hydrogens (tertiary/aromatic N) is 2. The Balaban J connectivity index is 4.44. The highest BCUT2D eigenvalue weighted by molar-refractivity contribution is 6.37. The van der Waals surface area contributed by atoms with Crippen LogP contribution >= 0.6 is 0 Å². The lowest BCUT2D eigenvalue weighted by Gasteiger charge is -2.02. The normalized spacial score (nSPS) is 10.1. The van der Waals surface area contributed by atoms with Gasteiger partial charge in [-0.05, 0) is 6.92 Å². The van der Waals surface area contributed by atoms with E-state index in [2.05, 4.69) is 14.6 Å². The summed E-state index contributed by atoms with van der Waals surface area (Å²) in [7, 11) is 1.15. The topological polar surface area (TPSA) is 101 Å². The molecule has 7 heteroatoms. The average molecular weight is 213 g/mol. The molecule has 0 aromatic heterocycles. The lowest BCUT2D eigenvalue weighted by molar-refractivity contribution is -0.135. The summed E-state index contributed by atoms with van der Waals surface area (Å²) in [5.74, 6) is -0.740. The molecule has 0 spiro atoms. The summed E-state index contributed by atoms with van der Waals surface area (Å²) in [5, 5.41) is 11.8. The van der Waals surface area contributed by atoms with Gasteiger partial charge in [-0.1, -0.05) is 0 Å². The maximum Gasteiger partial charge on any atom is 0.427 e. The molecule has 0 rings (SSSR count). The van der Waals surface area contributed by atoms with Crippen LogP contribution < -0.4 is 5.43 Å². The molecule has 7 nitrogen and oxygen atoms in total. The third kappa shape index (κ3) is 5.25. The summed E-state index contributed by atoms with van der Waals surface area (Å²) in [6, 6.07) is 1.73. The zero-order valence-corrected chi connectivity index (χ0v) is 8.44. The Morgan fingerprint density at radius 3 is 2.67 bits per heavy atom. The Kier molecular flexibility index (Phi) is 6.29. The van der Waals surface area contributed by atoms with Crippen molar-refractivity contribution in [2.45, 2.75) is 13.3 Å². The molecule has 0 aromatic rings. The van der Waals surface area contributed by atoms with Crippen LogP contribution in [0.2, 0.25) is 0 Å². The Hall–Kier alpha value is -2.10. The predicted octanol–water partition coefficient (Wildman–Crippen LogP) is 0.175. The Morgan fingerprint density at radius 1 is 1.53 bits per heavy atom. The van der Waals surface area contributed by atoms with Crippen molar-refractivity contribution >= 4 is 17.8 Å². The maximum atomic E-state index is 11.1. The number of carbonyl (C=O) groups is 2. The van der Waals surface area contributed by atoms with Crippen LogP contribution in [0.25, 0.3) is 0 Å². The number of ether oxygens (including phenoxy) is 2. The second-order valence-electron chi connectivity index (χ2n) is 2.22. The molecule has 0 heterocycles. The third-order valence-electron chi connectivity index (χ3n) is 1.23. The number of amides is 1. The Bertz CT molecular complexity index is 305. The number of hydrogen-bond donors (Lipinski definition) is 1. The number of hydrazone groups is 1. The number of rotatable bonds is 4. The number of nitrogens with one attached hydrogen (secondary N) is 1. The molecule has 0 bridgehead atoms. The SMILES string of the molecule is CCOC(=O)/C(CC#N)=N/NC(=O)OC. The molecule has 0 aromatic carbocycles. The summed E-state index contributed by atoms with van der Waals surface area (Å²) in [6.07, 6.45) is -1.07. The van der Waals surface area contributed by atoms with E-state index in [-0.39, 0.29) is 18.7 Å². The van der Waals surface area contributed by atoms with E-state index in [1.165, 1.54) is 0 Å². The minimum atomic E-state index is -0.824. The largest absolute Gasteiger partial charge is 0.461 e. The molecular formula is C8H11N3O4. The highest BCUT2D eigenvalue weighted by Crippen LogP contribution is 1.90. The summed E-state index contributed by atoms with van der Waals surface area (Å²) in [5.41, 5.74) is 1.76. The highest BCUT2D eigenvalue weighted by Gasteiger charge is 2.12. The quantitative estimate of drug-likeness (QED) is 0.407. The van der Waals surface area contributed by atoms with Crippen LogP contribution in [0.3, 0.4) is 0 Å². The van der Waals surface area contributed by atoms with E-state index in [0.29, 0.717) is 0 Å². The van der Waals surface area contributed by atoms with Gasteiger partial charge in [0.1, 0.15) is 0 Å². The molecule has 0 unspecified atom stereocenters. The van der Waals surface area contributed by atoms with Gasteiger partial charge < -0.3 is 9.47 Å². The van der Waals surface area contributed by atoms with E-state index in [4.69, 9.17) is 5.26 Å². The predicted molar refractivity (Wildman–Crippen MR) is 49.8 cm³/mol. The molecule has 1 amide bonds. The Labute approximate surface area is 86.7 Å². The van der Waals surface area contributed by atoms with Gasteiger partial charge in [-0.3, -0.25) is 0 Å². The van der Waals surface area contributed by atoms with E-state index < -0.39 is 12.1 Å². The van der Waals surface area contributed by atoms with E-state index in [9.17, 15) is 9.59 Å². The summed E-state index contributed by atoms with van der Waals surface area (Å²) in [6.45, 7) is 1.79. The second kappa shape index (κ2) is 7.32. The molecule has 0 saturated heterocycles. The monoisotopic (exact) mass is 213 g/mol. The molecule has 0 aliphatic carbocycles. The van der Waals surface area contributed by atoms with Gasteiger partial charge in [-0.25, -0.2) is 15.0 Å². The number of nitriles is 1. The van der Waals surface area contributed by atoms with Crippen molar-refractivity contribution in [3.8, 4) is 6.07 Å². The first-order chi connectivity index (χ1) is 7.15. The first-order valence-corrected chi connectivity index (χ1v) is 4.10. The zero-order chi connectivity index (χ0) is 11.7. The molecule has 1 N–H and O–H groups in total. The van der Waals surface area contributed by atoms with Gasteiger partial charge in [0.25, 0.3) is 0 Å². The van der Waals surface area contributed by atoms with Gasteiger partial charge >= 0.3 is 12.1 Å². The fraction of sp³-hybridized carbons (Fsp3) is 0.500. The molecule has 0 atom stereocenters. The molecule has 0 aliphatic heterocycles. The van der Waals surface area contributed by atoms with E-state index >= 15 is 0 Å². The highest BCUT2D eigenvalue weighted by atomic mass is 16.5. The first-order valence-electron chi connectivity index (χ1n) is 4.10. The van der Waals surface area contributed by atoms with Crippen molar-refractivity contribution in [1.82, 2.24) is 5.43 Å². The molecule has 15 heavy (non-hydrogen) atoms. The van der Waals surface area contributed by atoms with E-state index in [1.54, 1.807) is 13.0 Å². The molecule has 82 valence electrons. The van der Waals surface area contributed by atoms with Gasteiger partial charge in [0.2, 0.25) is 0 Å². The summed E-state index contributed by atoms with van der Waals surface area (Å²) in [4.78, 5) is 21.8. The molecule has 0 fully saturated rings. The minimum absolute atomic E-state index is 0.168. The molecule has 0 aliphatic rings. The van der Waals surface area contributed by atoms with Crippen molar-refractivity contribution in [1.29, 1.82) is 5.26 Å². The standard InChI is InChI=1S/C8H11N3O4/c1-3-15-7(12)6(4-5-9)10-11-8(13)14-2/h3-4H2,1-2H3,(H,11,13)/b10-6+. The second-order valence-corrected chi connectivity index (χ2v) is 2.22. The van der Waals surface area contributed by atoms with Crippen molar-refractivity contribution in [2.75, 3.05) is 13.7 Å². The molecule has 0 saturated carbocycles. The lowest BCUT2D eigenvalue weighted by atomic mass is 10.3. The van der Waals surface area contributed by atoms with Gasteiger partial charge in [0, 0.05) is 0 Å². The maximum absolute atomic E-state index is 11.1. The number of esters is 1. The zero-order valence-electron chi connectivity index (χ0n) is 8.44. The lowest BCUT2D eigenvalue weighted by Crippen LogP contribution is -2.24. The summed E-state index contributed by atoms with van der Waals surface area (Å²) < 4.78 is 8.84. The van der Waals surface area contributed by atoms with Gasteiger partial charge in [-0.15, -0.1) is 0 Å². The minimum Gasteiger partial charge on any atom is -0.461 e. The fourth-order valence-corrected chi connectivity index (χ4v) is 0.605. The smallest absolute Gasteiger partial charge is 0.427 e. The third-order valence-corrected chi connectivity index (χ3v) is 1.23. The van der Waals surface area contributed by atoms with Crippen LogP contribution in [0, 0.1) is 11.3 Å². The van der Waals surface area contributed by atoms with Crippen LogP contribution in [0.4, 0.5) is 4.79 Å². The number of hydrogen-bond acceptors (Lipinski definition) is 6. The van der Waals surface area contributed by atoms with Crippen molar-refractivity contribution < 1.29 is 19.1 Å².